The number of ether oxygens (including phenoxy) is 1. The van der Waals surface area contributed by atoms with Gasteiger partial charge in [0.25, 0.3) is 0 Å². The van der Waals surface area contributed by atoms with Crippen LogP contribution in [0, 0.1) is 11.3 Å². The summed E-state index contributed by atoms with van der Waals surface area (Å²) in [7, 11) is 0. The number of fused-ring (bicyclic) bond motifs is 1. The summed E-state index contributed by atoms with van der Waals surface area (Å²) in [6.45, 7) is 2.38. The van der Waals surface area contributed by atoms with E-state index < -0.39 is 11.8 Å². The third-order valence-corrected chi connectivity index (χ3v) is 5.51. The van der Waals surface area contributed by atoms with Crippen LogP contribution in [-0.4, -0.2) is 24.6 Å². The van der Waals surface area contributed by atoms with Crippen molar-refractivity contribution in [3.05, 3.63) is 45.8 Å². The van der Waals surface area contributed by atoms with Gasteiger partial charge in [0.2, 0.25) is 0 Å². The number of nitrogens with zero attached hydrogens (tertiary/aromatic N) is 2. The Labute approximate surface area is 167 Å². The number of carbonyl (C=O) groups is 2. The molecule has 1 aromatic heterocycles. The fraction of sp³-hybridized carbons (Fsp3) is 0.300. The second-order valence-corrected chi connectivity index (χ2v) is 7.26. The van der Waals surface area contributed by atoms with Crippen LogP contribution >= 0.6 is 11.3 Å². The molecule has 2 N–H and O–H groups in total. The molecule has 1 aliphatic rings. The molecule has 8 heteroatoms. The van der Waals surface area contributed by atoms with Crippen LogP contribution in [0.5, 0.6) is 5.75 Å². The predicted molar refractivity (Wildman–Crippen MR) is 108 cm³/mol. The maximum absolute atomic E-state index is 12.2. The van der Waals surface area contributed by atoms with Crippen molar-refractivity contribution in [3.63, 3.8) is 0 Å². The molecule has 2 aromatic rings. The van der Waals surface area contributed by atoms with Crippen molar-refractivity contribution >= 4 is 34.4 Å². The topological polar surface area (TPSA) is 104 Å². The van der Waals surface area contributed by atoms with Crippen LogP contribution in [0.3, 0.4) is 0 Å². The number of nitriles is 1. The van der Waals surface area contributed by atoms with Gasteiger partial charge in [-0.2, -0.15) is 10.4 Å². The molecule has 0 spiro atoms. The second-order valence-electron chi connectivity index (χ2n) is 6.15. The Morgan fingerprint density at radius 3 is 2.86 bits per heavy atom. The summed E-state index contributed by atoms with van der Waals surface area (Å²) in [6, 6.07) is 9.39. The van der Waals surface area contributed by atoms with Crippen LogP contribution < -0.4 is 15.5 Å². The number of para-hydroxylation sites is 1. The lowest BCUT2D eigenvalue weighted by atomic mass is 9.96. The molecular weight excluding hydrogens is 376 g/mol. The lowest BCUT2D eigenvalue weighted by Gasteiger charge is -2.09. The molecule has 144 valence electrons. The molecule has 1 aromatic carbocycles. The SMILES string of the molecule is CCOc1ccccc1/C=N\NC(=O)C(=O)Nc1sc2c(c1C#N)CCCC2. The zero-order chi connectivity index (χ0) is 19.9. The molecular formula is C20H20N4O3S. The van der Waals surface area contributed by atoms with Crippen LogP contribution in [0.4, 0.5) is 5.00 Å². The molecule has 28 heavy (non-hydrogen) atoms. The summed E-state index contributed by atoms with van der Waals surface area (Å²) in [5.74, 6) is -1.12. The largest absolute Gasteiger partial charge is 0.493 e. The Hall–Kier alpha value is -3.18. The molecule has 7 nitrogen and oxygen atoms in total. The van der Waals surface area contributed by atoms with E-state index >= 15 is 0 Å². The van der Waals surface area contributed by atoms with Crippen molar-refractivity contribution in [2.75, 3.05) is 11.9 Å². The normalized spacial score (nSPS) is 12.9. The third kappa shape index (κ3) is 4.38. The summed E-state index contributed by atoms with van der Waals surface area (Å²) in [4.78, 5) is 25.3. The van der Waals surface area contributed by atoms with Crippen molar-refractivity contribution in [2.24, 2.45) is 5.10 Å². The summed E-state index contributed by atoms with van der Waals surface area (Å²) < 4.78 is 5.47. The number of hydrogen-bond donors (Lipinski definition) is 2. The van der Waals surface area contributed by atoms with E-state index in [1.807, 2.05) is 19.1 Å². The number of amides is 2. The average Bonchev–Trinajstić information content (AvgIpc) is 3.06. The van der Waals surface area contributed by atoms with Crippen LogP contribution in [0.25, 0.3) is 0 Å². The van der Waals surface area contributed by atoms with Crippen LogP contribution in [0.1, 0.15) is 41.3 Å². The third-order valence-electron chi connectivity index (χ3n) is 4.30. The number of rotatable bonds is 5. The Balaban J connectivity index is 1.64. The van der Waals surface area contributed by atoms with Gasteiger partial charge < -0.3 is 10.1 Å². The van der Waals surface area contributed by atoms with Crippen molar-refractivity contribution in [2.45, 2.75) is 32.6 Å². The van der Waals surface area contributed by atoms with E-state index in [9.17, 15) is 14.9 Å². The molecule has 0 saturated carbocycles. The highest BCUT2D eigenvalue weighted by molar-refractivity contribution is 7.16. The van der Waals surface area contributed by atoms with Gasteiger partial charge in [0, 0.05) is 10.4 Å². The van der Waals surface area contributed by atoms with Gasteiger partial charge in [0.05, 0.1) is 18.4 Å². The van der Waals surface area contributed by atoms with E-state index in [1.165, 1.54) is 17.6 Å². The molecule has 1 aliphatic carbocycles. The van der Waals surface area contributed by atoms with E-state index in [4.69, 9.17) is 4.74 Å². The van der Waals surface area contributed by atoms with E-state index in [0.29, 0.717) is 28.5 Å². The number of carbonyl (C=O) groups excluding carboxylic acids is 2. The van der Waals surface area contributed by atoms with Gasteiger partial charge in [-0.3, -0.25) is 9.59 Å². The summed E-state index contributed by atoms with van der Waals surface area (Å²) in [6.07, 6.45) is 5.26. The monoisotopic (exact) mass is 396 g/mol. The first-order chi connectivity index (χ1) is 13.6. The van der Waals surface area contributed by atoms with Gasteiger partial charge in [-0.25, -0.2) is 5.43 Å². The first-order valence-corrected chi connectivity index (χ1v) is 9.86. The number of nitrogens with one attached hydrogen (secondary N) is 2. The Morgan fingerprint density at radius 2 is 2.07 bits per heavy atom. The average molecular weight is 396 g/mol. The minimum atomic E-state index is -0.902. The number of benzene rings is 1. The summed E-state index contributed by atoms with van der Waals surface area (Å²) in [5.41, 5.74) is 4.36. The minimum Gasteiger partial charge on any atom is -0.493 e. The van der Waals surface area contributed by atoms with Gasteiger partial charge in [0.15, 0.2) is 0 Å². The Kier molecular flexibility index (Phi) is 6.40. The highest BCUT2D eigenvalue weighted by Crippen LogP contribution is 2.37. The van der Waals surface area contributed by atoms with E-state index in [0.717, 1.165) is 36.1 Å². The second kappa shape index (κ2) is 9.15. The van der Waals surface area contributed by atoms with E-state index in [2.05, 4.69) is 21.9 Å². The molecule has 0 atom stereocenters. The number of thiophene rings is 1. The predicted octanol–water partition coefficient (Wildman–Crippen LogP) is 2.99. The van der Waals surface area contributed by atoms with Crippen LogP contribution in [0.2, 0.25) is 0 Å². The lowest BCUT2D eigenvalue weighted by molar-refractivity contribution is -0.136. The Bertz CT molecular complexity index is 959. The quantitative estimate of drug-likeness (QED) is 0.461. The number of hydrazone groups is 1. The molecule has 2 amide bonds. The zero-order valence-corrected chi connectivity index (χ0v) is 16.3. The molecule has 0 bridgehead atoms. The number of aryl methyl sites for hydroxylation is 1. The standard InChI is InChI=1S/C20H20N4O3S/c1-2-27-16-9-5-3-7-13(16)12-22-24-19(26)18(25)23-20-15(11-21)14-8-4-6-10-17(14)28-20/h3,5,7,9,12H,2,4,6,8,10H2,1H3,(H,23,25)(H,24,26)/b22-12-. The van der Waals surface area contributed by atoms with Gasteiger partial charge in [-0.15, -0.1) is 11.3 Å². The molecule has 1 heterocycles. The van der Waals surface area contributed by atoms with Gasteiger partial charge in [-0.1, -0.05) is 12.1 Å². The fourth-order valence-corrected chi connectivity index (χ4v) is 4.25. The van der Waals surface area contributed by atoms with Crippen LogP contribution in [-0.2, 0) is 22.4 Å². The molecule has 0 unspecified atom stereocenters. The molecule has 0 aliphatic heterocycles. The number of hydrogen-bond acceptors (Lipinski definition) is 6. The van der Waals surface area contributed by atoms with Gasteiger partial charge >= 0.3 is 11.8 Å². The van der Waals surface area contributed by atoms with Crippen LogP contribution in [0.15, 0.2) is 29.4 Å². The highest BCUT2D eigenvalue weighted by Gasteiger charge is 2.23. The highest BCUT2D eigenvalue weighted by atomic mass is 32.1. The molecule has 3 rings (SSSR count). The maximum atomic E-state index is 12.2. The minimum absolute atomic E-state index is 0.431. The fourth-order valence-electron chi connectivity index (χ4n) is 3.02. The first kappa shape index (κ1) is 19.6. The lowest BCUT2D eigenvalue weighted by Crippen LogP contribution is -2.32. The number of anilines is 1. The smallest absolute Gasteiger partial charge is 0.329 e. The first-order valence-electron chi connectivity index (χ1n) is 9.04. The molecule has 0 saturated heterocycles. The van der Waals surface area contributed by atoms with Crippen molar-refractivity contribution in [1.29, 1.82) is 5.26 Å². The van der Waals surface area contributed by atoms with Crippen molar-refractivity contribution < 1.29 is 14.3 Å². The summed E-state index contributed by atoms with van der Waals surface area (Å²) in [5, 5.41) is 16.2. The van der Waals surface area contributed by atoms with Gasteiger partial charge in [-0.05, 0) is 50.3 Å². The molecule has 0 fully saturated rings. The Morgan fingerprint density at radius 1 is 1.29 bits per heavy atom. The van der Waals surface area contributed by atoms with E-state index in [-0.39, 0.29) is 0 Å². The summed E-state index contributed by atoms with van der Waals surface area (Å²) >= 11 is 1.37. The zero-order valence-electron chi connectivity index (χ0n) is 15.4. The van der Waals surface area contributed by atoms with E-state index in [1.54, 1.807) is 12.1 Å². The van der Waals surface area contributed by atoms with Crippen molar-refractivity contribution in [1.82, 2.24) is 5.43 Å². The molecule has 0 radical (unpaired) electrons. The van der Waals surface area contributed by atoms with Gasteiger partial charge in [0.1, 0.15) is 16.8 Å². The maximum Gasteiger partial charge on any atom is 0.329 e. The van der Waals surface area contributed by atoms with Crippen molar-refractivity contribution in [3.8, 4) is 11.8 Å².